The van der Waals surface area contributed by atoms with Crippen LogP contribution in [0, 0.1) is 0 Å². The van der Waals surface area contributed by atoms with Crippen molar-refractivity contribution in [2.24, 2.45) is 0 Å². The molecule has 0 aromatic heterocycles. The number of methoxy groups -OCH3 is 1. The molecule has 0 atom stereocenters. The summed E-state index contributed by atoms with van der Waals surface area (Å²) in [7, 11) is 3.85. The minimum Gasteiger partial charge on any atom is -0.497 e. The van der Waals surface area contributed by atoms with Crippen LogP contribution in [0.15, 0.2) is 24.3 Å². The Labute approximate surface area is 124 Å². The first kappa shape index (κ1) is 16.8. The van der Waals surface area contributed by atoms with Crippen molar-refractivity contribution in [1.82, 2.24) is 5.32 Å². The Morgan fingerprint density at radius 3 is 2.25 bits per heavy atom. The van der Waals surface area contributed by atoms with Gasteiger partial charge >= 0.3 is 0 Å². The fourth-order valence-corrected chi connectivity index (χ4v) is 2.08. The Kier molecular flexibility index (Phi) is 6.86. The monoisotopic (exact) mass is 278 g/mol. The maximum absolute atomic E-state index is 5.18. The Morgan fingerprint density at radius 1 is 1.05 bits per heavy atom. The molecule has 0 aliphatic heterocycles. The number of nitrogens with zero attached hydrogens (tertiary/aromatic N) is 1. The molecule has 0 unspecified atom stereocenters. The summed E-state index contributed by atoms with van der Waals surface area (Å²) in [6, 6.07) is 8.25. The van der Waals surface area contributed by atoms with E-state index in [0.29, 0.717) is 0 Å². The third kappa shape index (κ3) is 6.80. The van der Waals surface area contributed by atoms with E-state index in [0.717, 1.165) is 18.8 Å². The highest BCUT2D eigenvalue weighted by atomic mass is 16.5. The van der Waals surface area contributed by atoms with Crippen molar-refractivity contribution < 1.29 is 4.74 Å². The molecular weight excluding hydrogens is 248 g/mol. The van der Waals surface area contributed by atoms with Gasteiger partial charge in [-0.3, -0.25) is 0 Å². The predicted molar refractivity (Wildman–Crippen MR) is 87.9 cm³/mol. The second-order valence-electron chi connectivity index (χ2n) is 6.36. The zero-order valence-electron chi connectivity index (χ0n) is 13.7. The number of nitrogens with one attached hydrogen (secondary N) is 1. The van der Waals surface area contributed by atoms with Crippen molar-refractivity contribution in [3.8, 4) is 5.75 Å². The average Bonchev–Trinajstić information content (AvgIpc) is 2.41. The predicted octanol–water partition coefficient (Wildman–Crippen LogP) is 3.69. The Hall–Kier alpha value is -1.22. The first-order chi connectivity index (χ1) is 9.42. The second-order valence-corrected chi connectivity index (χ2v) is 6.36. The van der Waals surface area contributed by atoms with Gasteiger partial charge in [-0.15, -0.1) is 0 Å². The maximum Gasteiger partial charge on any atom is 0.119 e. The first-order valence-corrected chi connectivity index (χ1v) is 7.52. The van der Waals surface area contributed by atoms with Gasteiger partial charge in [-0.2, -0.15) is 0 Å². The summed E-state index contributed by atoms with van der Waals surface area (Å²) in [5.41, 5.74) is 1.48. The molecule has 0 amide bonds. The summed E-state index contributed by atoms with van der Waals surface area (Å²) < 4.78 is 5.18. The van der Waals surface area contributed by atoms with Crippen LogP contribution in [-0.2, 0) is 0 Å². The molecule has 1 rings (SSSR count). The lowest BCUT2D eigenvalue weighted by molar-refractivity contribution is 0.414. The van der Waals surface area contributed by atoms with E-state index in [1.165, 1.54) is 24.9 Å². The van der Waals surface area contributed by atoms with E-state index in [1.807, 2.05) is 12.1 Å². The van der Waals surface area contributed by atoms with Gasteiger partial charge < -0.3 is 15.0 Å². The van der Waals surface area contributed by atoms with Crippen LogP contribution in [0.1, 0.15) is 40.0 Å². The van der Waals surface area contributed by atoms with Gasteiger partial charge in [0.1, 0.15) is 5.75 Å². The number of hydrogen-bond donors (Lipinski definition) is 1. The van der Waals surface area contributed by atoms with E-state index >= 15 is 0 Å². The molecule has 0 aliphatic rings. The molecule has 1 aromatic carbocycles. The van der Waals surface area contributed by atoms with Crippen LogP contribution in [0.5, 0.6) is 5.75 Å². The fourth-order valence-electron chi connectivity index (χ4n) is 2.08. The van der Waals surface area contributed by atoms with E-state index in [9.17, 15) is 0 Å². The normalized spacial score (nSPS) is 11.4. The third-order valence-electron chi connectivity index (χ3n) is 3.34. The summed E-state index contributed by atoms with van der Waals surface area (Å²) in [5, 5.41) is 3.53. The highest BCUT2D eigenvalue weighted by Gasteiger charge is 2.07. The number of ether oxygens (including phenoxy) is 1. The third-order valence-corrected chi connectivity index (χ3v) is 3.34. The molecule has 0 aliphatic carbocycles. The van der Waals surface area contributed by atoms with E-state index in [1.54, 1.807) is 7.11 Å². The SMILES string of the molecule is COc1ccc(N(C)CCCCCNC(C)(C)C)cc1. The topological polar surface area (TPSA) is 24.5 Å². The first-order valence-electron chi connectivity index (χ1n) is 7.52. The van der Waals surface area contributed by atoms with Crippen LogP contribution in [0.3, 0.4) is 0 Å². The highest BCUT2D eigenvalue weighted by molar-refractivity contribution is 5.48. The largest absolute Gasteiger partial charge is 0.497 e. The summed E-state index contributed by atoms with van der Waals surface area (Å²) >= 11 is 0. The lowest BCUT2D eigenvalue weighted by Gasteiger charge is -2.21. The van der Waals surface area contributed by atoms with Crippen LogP contribution in [0.2, 0.25) is 0 Å². The maximum atomic E-state index is 5.18. The van der Waals surface area contributed by atoms with Crippen LogP contribution < -0.4 is 15.0 Å². The van der Waals surface area contributed by atoms with Gasteiger partial charge in [-0.05, 0) is 64.4 Å². The summed E-state index contributed by atoms with van der Waals surface area (Å²) in [6.45, 7) is 8.84. The van der Waals surface area contributed by atoms with E-state index in [-0.39, 0.29) is 5.54 Å². The van der Waals surface area contributed by atoms with Gasteiger partial charge in [0.25, 0.3) is 0 Å². The molecule has 114 valence electrons. The van der Waals surface area contributed by atoms with Gasteiger partial charge in [0.15, 0.2) is 0 Å². The zero-order chi connectivity index (χ0) is 15.0. The molecule has 1 aromatic rings. The molecule has 1 N–H and O–H groups in total. The fraction of sp³-hybridized carbons (Fsp3) is 0.647. The van der Waals surface area contributed by atoms with Crippen LogP contribution in [0.4, 0.5) is 5.69 Å². The van der Waals surface area contributed by atoms with Gasteiger partial charge in [-0.1, -0.05) is 6.42 Å². The van der Waals surface area contributed by atoms with E-state index < -0.39 is 0 Å². The standard InChI is InChI=1S/C17H30N2O/c1-17(2,3)18-13-7-6-8-14-19(4)15-9-11-16(20-5)12-10-15/h9-12,18H,6-8,13-14H2,1-5H3. The Balaban J connectivity index is 2.18. The Bertz CT molecular complexity index is 368. The van der Waals surface area contributed by atoms with E-state index in [2.05, 4.69) is 50.2 Å². The van der Waals surface area contributed by atoms with Crippen LogP contribution >= 0.6 is 0 Å². The second kappa shape index (κ2) is 8.15. The molecule has 0 radical (unpaired) electrons. The van der Waals surface area contributed by atoms with Crippen molar-refractivity contribution in [2.45, 2.75) is 45.6 Å². The summed E-state index contributed by atoms with van der Waals surface area (Å²) in [6.07, 6.45) is 3.74. The van der Waals surface area contributed by atoms with Crippen LogP contribution in [0.25, 0.3) is 0 Å². The van der Waals surface area contributed by atoms with Crippen molar-refractivity contribution >= 4 is 5.69 Å². The minimum absolute atomic E-state index is 0.236. The molecule has 0 fully saturated rings. The lowest BCUT2D eigenvalue weighted by atomic mass is 10.1. The molecule has 20 heavy (non-hydrogen) atoms. The number of anilines is 1. The van der Waals surface area contributed by atoms with Gasteiger partial charge in [0.05, 0.1) is 7.11 Å². The van der Waals surface area contributed by atoms with Gasteiger partial charge in [0.2, 0.25) is 0 Å². The highest BCUT2D eigenvalue weighted by Crippen LogP contribution is 2.18. The quantitative estimate of drug-likeness (QED) is 0.734. The molecule has 0 saturated carbocycles. The number of rotatable bonds is 8. The number of benzene rings is 1. The molecule has 3 nitrogen and oxygen atoms in total. The van der Waals surface area contributed by atoms with Crippen LogP contribution in [-0.4, -0.2) is 32.8 Å². The van der Waals surface area contributed by atoms with E-state index in [4.69, 9.17) is 4.74 Å². The van der Waals surface area contributed by atoms with Crippen molar-refractivity contribution in [3.63, 3.8) is 0 Å². The zero-order valence-corrected chi connectivity index (χ0v) is 13.7. The molecule has 0 saturated heterocycles. The van der Waals surface area contributed by atoms with Crippen molar-refractivity contribution in [3.05, 3.63) is 24.3 Å². The average molecular weight is 278 g/mol. The molecular formula is C17H30N2O. The Morgan fingerprint density at radius 2 is 1.70 bits per heavy atom. The molecule has 0 spiro atoms. The van der Waals surface area contributed by atoms with Crippen molar-refractivity contribution in [2.75, 3.05) is 32.1 Å². The number of unbranched alkanes of at least 4 members (excludes halogenated alkanes) is 2. The van der Waals surface area contributed by atoms with Gasteiger partial charge in [0, 0.05) is 24.8 Å². The smallest absolute Gasteiger partial charge is 0.119 e. The molecule has 0 heterocycles. The lowest BCUT2D eigenvalue weighted by Crippen LogP contribution is -2.36. The van der Waals surface area contributed by atoms with Gasteiger partial charge in [-0.25, -0.2) is 0 Å². The minimum atomic E-state index is 0.236. The molecule has 0 bridgehead atoms. The number of hydrogen-bond acceptors (Lipinski definition) is 3. The summed E-state index contributed by atoms with van der Waals surface area (Å²) in [5.74, 6) is 0.912. The summed E-state index contributed by atoms with van der Waals surface area (Å²) in [4.78, 5) is 2.30. The molecule has 3 heteroatoms. The van der Waals surface area contributed by atoms with Crippen molar-refractivity contribution in [1.29, 1.82) is 0 Å².